The molecular weight excluding hydrogens is 470 g/mol. The molecule has 3 N–H and O–H groups in total. The van der Waals surface area contributed by atoms with Crippen LogP contribution in [0.15, 0.2) is 91.1 Å². The number of amides is 1. The van der Waals surface area contributed by atoms with Crippen LogP contribution in [-0.2, 0) is 11.2 Å². The lowest BCUT2D eigenvalue weighted by Gasteiger charge is -2.25. The van der Waals surface area contributed by atoms with Crippen molar-refractivity contribution in [1.82, 2.24) is 10.6 Å². The second-order valence-electron chi connectivity index (χ2n) is 9.01. The van der Waals surface area contributed by atoms with Gasteiger partial charge in [-0.3, -0.25) is 4.79 Å². The molecule has 0 bridgehead atoms. The second kappa shape index (κ2) is 18.2. The van der Waals surface area contributed by atoms with Crippen molar-refractivity contribution in [2.45, 2.75) is 59.6 Å². The van der Waals surface area contributed by atoms with Crippen molar-refractivity contribution in [3.63, 3.8) is 0 Å². The number of nitrogens with one attached hydrogen (secondary N) is 2. The van der Waals surface area contributed by atoms with Gasteiger partial charge in [0.05, 0.1) is 12.1 Å². The minimum absolute atomic E-state index is 0.0703. The summed E-state index contributed by atoms with van der Waals surface area (Å²) in [4.78, 5) is 11.7. The van der Waals surface area contributed by atoms with Crippen LogP contribution in [0, 0.1) is 17.6 Å². The van der Waals surface area contributed by atoms with E-state index in [9.17, 15) is 18.7 Å². The minimum Gasteiger partial charge on any atom is -0.390 e. The summed E-state index contributed by atoms with van der Waals surface area (Å²) in [5.41, 5.74) is 3.60. The molecule has 0 saturated carbocycles. The third-order valence-electron chi connectivity index (χ3n) is 5.16. The number of rotatable bonds is 15. The normalized spacial score (nSPS) is 12.9. The molecule has 0 fully saturated rings. The van der Waals surface area contributed by atoms with Crippen LogP contribution in [0.5, 0.6) is 0 Å². The van der Waals surface area contributed by atoms with Gasteiger partial charge in [0, 0.05) is 26.1 Å². The fourth-order valence-electron chi connectivity index (χ4n) is 3.59. The molecule has 0 spiro atoms. The zero-order chi connectivity index (χ0) is 28.5. The van der Waals surface area contributed by atoms with E-state index in [4.69, 9.17) is 0 Å². The Hall–Kier alpha value is -3.09. The summed E-state index contributed by atoms with van der Waals surface area (Å²) in [6.45, 7) is 26.1. The molecule has 0 aromatic heterocycles. The van der Waals surface area contributed by atoms with Crippen LogP contribution < -0.4 is 10.6 Å². The van der Waals surface area contributed by atoms with E-state index in [2.05, 4.69) is 50.8 Å². The van der Waals surface area contributed by atoms with E-state index < -0.39 is 23.8 Å². The number of hydrogen-bond acceptors (Lipinski definition) is 3. The molecule has 0 aliphatic carbocycles. The van der Waals surface area contributed by atoms with Crippen LogP contribution in [0.3, 0.4) is 0 Å². The van der Waals surface area contributed by atoms with Gasteiger partial charge in [-0.05, 0) is 53.2 Å². The number of benzene rings is 1. The lowest BCUT2D eigenvalue weighted by Crippen LogP contribution is -2.48. The van der Waals surface area contributed by atoms with E-state index in [1.165, 1.54) is 19.1 Å². The molecular formula is C31H44F2N2O2. The molecule has 1 rings (SSSR count). The van der Waals surface area contributed by atoms with Crippen molar-refractivity contribution in [3.05, 3.63) is 108 Å². The van der Waals surface area contributed by atoms with Gasteiger partial charge in [0.15, 0.2) is 0 Å². The van der Waals surface area contributed by atoms with Crippen LogP contribution in [0.2, 0.25) is 0 Å². The Morgan fingerprint density at radius 3 is 2.22 bits per heavy atom. The molecule has 1 aromatic rings. The van der Waals surface area contributed by atoms with E-state index in [1.807, 2.05) is 26.0 Å². The van der Waals surface area contributed by atoms with Gasteiger partial charge in [-0.25, -0.2) is 8.78 Å². The van der Waals surface area contributed by atoms with Crippen molar-refractivity contribution in [3.8, 4) is 0 Å². The molecule has 6 heteroatoms. The largest absolute Gasteiger partial charge is 0.390 e. The first-order valence-corrected chi connectivity index (χ1v) is 12.6. The highest BCUT2D eigenvalue weighted by atomic mass is 19.1. The van der Waals surface area contributed by atoms with E-state index in [1.54, 1.807) is 12.2 Å². The SMILES string of the molecule is C=C/C=C\C(=C)C(=C)/C(=C\C(=C)CC(C)C)CNC[C@@H](O)[C@H](Cc1cc(F)cc(F)c1)NC(C)=O.CC. The summed E-state index contributed by atoms with van der Waals surface area (Å²) < 4.78 is 27.2. The molecule has 37 heavy (non-hydrogen) atoms. The van der Waals surface area contributed by atoms with Crippen molar-refractivity contribution in [2.75, 3.05) is 13.1 Å². The van der Waals surface area contributed by atoms with Gasteiger partial charge in [-0.1, -0.05) is 83.9 Å². The average molecular weight is 515 g/mol. The molecule has 0 aliphatic heterocycles. The molecule has 2 atom stereocenters. The van der Waals surface area contributed by atoms with Crippen LogP contribution in [0.1, 0.15) is 46.6 Å². The fraction of sp³-hybridized carbons (Fsp3) is 0.387. The first-order valence-electron chi connectivity index (χ1n) is 12.6. The Morgan fingerprint density at radius 1 is 1.11 bits per heavy atom. The maximum absolute atomic E-state index is 13.6. The van der Waals surface area contributed by atoms with Gasteiger partial charge in [0.25, 0.3) is 0 Å². The zero-order valence-electron chi connectivity index (χ0n) is 23.0. The van der Waals surface area contributed by atoms with Crippen molar-refractivity contribution in [1.29, 1.82) is 0 Å². The quantitative estimate of drug-likeness (QED) is 0.238. The van der Waals surface area contributed by atoms with Gasteiger partial charge >= 0.3 is 0 Å². The monoisotopic (exact) mass is 514 g/mol. The number of carbonyl (C=O) groups is 1. The Bertz CT molecular complexity index is 973. The van der Waals surface area contributed by atoms with E-state index in [-0.39, 0.29) is 18.9 Å². The van der Waals surface area contributed by atoms with Crippen LogP contribution in [-0.4, -0.2) is 36.2 Å². The summed E-state index contributed by atoms with van der Waals surface area (Å²) in [7, 11) is 0. The highest BCUT2D eigenvalue weighted by Crippen LogP contribution is 2.21. The van der Waals surface area contributed by atoms with Gasteiger partial charge in [0.1, 0.15) is 11.6 Å². The smallest absolute Gasteiger partial charge is 0.217 e. The van der Waals surface area contributed by atoms with Gasteiger partial charge in [-0.15, -0.1) is 0 Å². The van der Waals surface area contributed by atoms with Crippen molar-refractivity contribution < 1.29 is 18.7 Å². The highest BCUT2D eigenvalue weighted by Gasteiger charge is 2.21. The molecule has 4 nitrogen and oxygen atoms in total. The summed E-state index contributed by atoms with van der Waals surface area (Å²) in [5, 5.41) is 16.6. The number of carbonyl (C=O) groups excluding carboxylic acids is 1. The Morgan fingerprint density at radius 2 is 1.70 bits per heavy atom. The standard InChI is InChI=1S/C29H38F2N2O2.C2H6/c1-8-9-10-21(5)22(6)25(12-20(4)11-19(2)3)17-32-18-29(35)28(33-23(7)34)15-24-13-26(30)16-27(31)14-24;1-2/h8-10,12-14,16,19,28-29,32,35H,1,4-6,11,15,17-18H2,2-3,7H3,(H,33,34);1-2H3/b10-9-,25-12-;/t28-,29+;/m0./s1. The minimum atomic E-state index is -1.01. The van der Waals surface area contributed by atoms with Gasteiger partial charge in [-0.2, -0.15) is 0 Å². The highest BCUT2D eigenvalue weighted by molar-refractivity contribution is 5.73. The summed E-state index contributed by atoms with van der Waals surface area (Å²) in [6.07, 6.45) is 7.09. The predicted octanol–water partition coefficient (Wildman–Crippen LogP) is 6.37. The maximum atomic E-state index is 13.6. The molecule has 0 saturated heterocycles. The summed E-state index contributed by atoms with van der Waals surface area (Å²) >= 11 is 0. The van der Waals surface area contributed by atoms with Crippen LogP contribution in [0.25, 0.3) is 0 Å². The van der Waals surface area contributed by atoms with Gasteiger partial charge < -0.3 is 15.7 Å². The average Bonchev–Trinajstić information content (AvgIpc) is 2.80. The molecule has 204 valence electrons. The third kappa shape index (κ3) is 14.3. The Kier molecular flexibility index (Phi) is 16.7. The van der Waals surface area contributed by atoms with Crippen LogP contribution >= 0.6 is 0 Å². The maximum Gasteiger partial charge on any atom is 0.217 e. The molecule has 0 radical (unpaired) electrons. The Labute approximate surface area is 222 Å². The number of aliphatic hydroxyl groups excluding tert-OH is 1. The molecule has 1 aromatic carbocycles. The number of aliphatic hydroxyl groups is 1. The number of allylic oxidation sites excluding steroid dienone is 6. The molecule has 1 amide bonds. The predicted molar refractivity (Wildman–Crippen MR) is 152 cm³/mol. The summed E-state index contributed by atoms with van der Waals surface area (Å²) in [6, 6.07) is 2.41. The summed E-state index contributed by atoms with van der Waals surface area (Å²) in [5.74, 6) is -1.34. The first kappa shape index (κ1) is 33.9. The molecule has 0 aliphatic rings. The number of hydrogen-bond donors (Lipinski definition) is 3. The lowest BCUT2D eigenvalue weighted by molar-refractivity contribution is -0.120. The molecule has 0 heterocycles. The van der Waals surface area contributed by atoms with Crippen LogP contribution in [0.4, 0.5) is 8.78 Å². The second-order valence-corrected chi connectivity index (χ2v) is 9.01. The van der Waals surface area contributed by atoms with E-state index in [0.717, 1.165) is 34.8 Å². The van der Waals surface area contributed by atoms with E-state index in [0.29, 0.717) is 18.0 Å². The topological polar surface area (TPSA) is 61.4 Å². The van der Waals surface area contributed by atoms with Crippen molar-refractivity contribution >= 4 is 5.91 Å². The van der Waals surface area contributed by atoms with Gasteiger partial charge in [0.2, 0.25) is 5.91 Å². The first-order chi connectivity index (χ1) is 17.4. The van der Waals surface area contributed by atoms with Crippen molar-refractivity contribution in [2.24, 2.45) is 5.92 Å². The fourth-order valence-corrected chi connectivity index (χ4v) is 3.59. The molecule has 0 unspecified atom stereocenters. The third-order valence-corrected chi connectivity index (χ3v) is 5.16. The van der Waals surface area contributed by atoms with E-state index >= 15 is 0 Å². The number of halogens is 2. The lowest BCUT2D eigenvalue weighted by atomic mass is 9.95. The Balaban J connectivity index is 0.00000631. The zero-order valence-corrected chi connectivity index (χ0v) is 23.0.